The van der Waals surface area contributed by atoms with Gasteiger partial charge in [-0.3, -0.25) is 0 Å². The zero-order chi connectivity index (χ0) is 18.4. The van der Waals surface area contributed by atoms with Crippen LogP contribution in [0.5, 0.6) is 0 Å². The van der Waals surface area contributed by atoms with Crippen LogP contribution in [0.3, 0.4) is 0 Å². The van der Waals surface area contributed by atoms with Gasteiger partial charge in [0.2, 0.25) is 0 Å². The number of alkyl carbamates (subject to hydrolysis) is 1. The van der Waals surface area contributed by atoms with Crippen LogP contribution in [0.4, 0.5) is 4.79 Å². The maximum absolute atomic E-state index is 11.8. The molecule has 6 heteroatoms. The summed E-state index contributed by atoms with van der Waals surface area (Å²) in [5, 5.41) is 2.57. The van der Waals surface area contributed by atoms with E-state index in [0.717, 1.165) is 18.3 Å². The molecule has 1 atom stereocenters. The molecule has 1 aliphatic carbocycles. The van der Waals surface area contributed by atoms with Crippen molar-refractivity contribution in [3.63, 3.8) is 0 Å². The lowest BCUT2D eigenvalue weighted by atomic mass is 9.63. The molecule has 0 aromatic heterocycles. The highest BCUT2D eigenvalue weighted by Crippen LogP contribution is 2.47. The second-order valence-electron chi connectivity index (χ2n) is 8.96. The van der Waals surface area contributed by atoms with E-state index in [4.69, 9.17) is 14.0 Å². The topological polar surface area (TPSA) is 56.8 Å². The van der Waals surface area contributed by atoms with E-state index in [0.29, 0.717) is 6.42 Å². The van der Waals surface area contributed by atoms with Gasteiger partial charge in [0.05, 0.1) is 11.2 Å². The van der Waals surface area contributed by atoms with Gasteiger partial charge in [-0.1, -0.05) is 26.8 Å². The molecule has 1 aliphatic heterocycles. The average molecular weight is 337 g/mol. The second-order valence-corrected chi connectivity index (χ2v) is 8.96. The van der Waals surface area contributed by atoms with Crippen LogP contribution in [-0.2, 0) is 14.0 Å². The van der Waals surface area contributed by atoms with Crippen LogP contribution >= 0.6 is 0 Å². The minimum atomic E-state index is -0.514. The maximum Gasteiger partial charge on any atom is 0.490 e. The van der Waals surface area contributed by atoms with Gasteiger partial charge < -0.3 is 19.4 Å². The van der Waals surface area contributed by atoms with Gasteiger partial charge in [0.1, 0.15) is 5.60 Å². The fraction of sp³-hybridized carbons (Fsp3) is 0.833. The van der Waals surface area contributed by atoms with Crippen molar-refractivity contribution in [2.75, 3.05) is 7.05 Å². The van der Waals surface area contributed by atoms with Crippen LogP contribution in [0.15, 0.2) is 11.5 Å². The number of nitrogens with one attached hydrogen (secondary N) is 1. The molecule has 0 radical (unpaired) electrons. The quantitative estimate of drug-likeness (QED) is 0.777. The summed E-state index contributed by atoms with van der Waals surface area (Å²) in [5.41, 5.74) is -0.197. The standard InChI is InChI=1S/C18H32BNO4/c1-15(2,3)18(22-14(21)20-8)11-9-13(10-12-18)19-23-16(4,5)17(6,7)24-19/h9H,10-12H2,1-8H3,(H,20,21). The normalized spacial score (nSPS) is 29.2. The van der Waals surface area contributed by atoms with Gasteiger partial charge in [-0.2, -0.15) is 0 Å². The van der Waals surface area contributed by atoms with E-state index < -0.39 is 5.60 Å². The van der Waals surface area contributed by atoms with Gasteiger partial charge in [0, 0.05) is 18.9 Å². The Labute approximate surface area is 146 Å². The van der Waals surface area contributed by atoms with Crippen molar-refractivity contribution in [1.82, 2.24) is 5.32 Å². The minimum absolute atomic E-state index is 0.155. The van der Waals surface area contributed by atoms with Crippen molar-refractivity contribution in [3.8, 4) is 0 Å². The maximum atomic E-state index is 11.8. The van der Waals surface area contributed by atoms with E-state index in [9.17, 15) is 4.79 Å². The smallest absolute Gasteiger partial charge is 0.442 e. The highest BCUT2D eigenvalue weighted by molar-refractivity contribution is 6.54. The summed E-state index contributed by atoms with van der Waals surface area (Å²) in [6.45, 7) is 14.6. The number of hydrogen-bond acceptors (Lipinski definition) is 4. The van der Waals surface area contributed by atoms with Crippen molar-refractivity contribution in [2.45, 2.75) is 84.5 Å². The molecule has 1 N–H and O–H groups in total. The Hall–Kier alpha value is -1.01. The third-order valence-electron chi connectivity index (χ3n) is 5.93. The van der Waals surface area contributed by atoms with Crippen LogP contribution in [0, 0.1) is 5.41 Å². The van der Waals surface area contributed by atoms with E-state index >= 15 is 0 Å². The van der Waals surface area contributed by atoms with Crippen molar-refractivity contribution in [3.05, 3.63) is 11.5 Å². The number of amides is 1. The Bertz CT molecular complexity index is 520. The zero-order valence-electron chi connectivity index (χ0n) is 16.4. The molecule has 24 heavy (non-hydrogen) atoms. The van der Waals surface area contributed by atoms with Crippen molar-refractivity contribution in [1.29, 1.82) is 0 Å². The van der Waals surface area contributed by atoms with E-state index in [1.54, 1.807) is 7.05 Å². The Morgan fingerprint density at radius 2 is 1.75 bits per heavy atom. The number of hydrogen-bond donors (Lipinski definition) is 1. The lowest BCUT2D eigenvalue weighted by Gasteiger charge is -2.45. The lowest BCUT2D eigenvalue weighted by Crippen LogP contribution is -2.50. The predicted octanol–water partition coefficient (Wildman–Crippen LogP) is 3.87. The summed E-state index contributed by atoms with van der Waals surface area (Å²) in [4.78, 5) is 11.8. The number of rotatable bonds is 2. The SMILES string of the molecule is CNC(=O)OC1(C(C)(C)C)CC=C(B2OC(C)(C)C(C)(C)O2)CC1. The highest BCUT2D eigenvalue weighted by Gasteiger charge is 2.54. The van der Waals surface area contributed by atoms with Crippen LogP contribution in [0.1, 0.15) is 67.7 Å². The molecule has 5 nitrogen and oxygen atoms in total. The first-order valence-electron chi connectivity index (χ1n) is 8.79. The van der Waals surface area contributed by atoms with Gasteiger partial charge in [-0.15, -0.1) is 0 Å². The van der Waals surface area contributed by atoms with E-state index in [2.05, 4.69) is 59.9 Å². The molecule has 0 spiro atoms. The Morgan fingerprint density at radius 1 is 1.21 bits per heavy atom. The van der Waals surface area contributed by atoms with Crippen LogP contribution in [0.2, 0.25) is 0 Å². The average Bonchev–Trinajstić information content (AvgIpc) is 2.66. The molecule has 0 aromatic carbocycles. The molecular weight excluding hydrogens is 305 g/mol. The van der Waals surface area contributed by atoms with Crippen molar-refractivity contribution in [2.24, 2.45) is 5.41 Å². The first-order chi connectivity index (χ1) is 10.8. The van der Waals surface area contributed by atoms with Crippen LogP contribution in [0.25, 0.3) is 0 Å². The monoisotopic (exact) mass is 337 g/mol. The summed E-state index contributed by atoms with van der Waals surface area (Å²) in [6.07, 6.45) is 3.99. The third kappa shape index (κ3) is 3.36. The molecule has 1 unspecified atom stereocenters. The molecule has 2 aliphatic rings. The van der Waals surface area contributed by atoms with Crippen LogP contribution in [-0.4, -0.2) is 37.1 Å². The first-order valence-corrected chi connectivity index (χ1v) is 8.79. The fourth-order valence-corrected chi connectivity index (χ4v) is 3.21. The van der Waals surface area contributed by atoms with Gasteiger partial charge in [0.25, 0.3) is 0 Å². The van der Waals surface area contributed by atoms with E-state index in [1.165, 1.54) is 0 Å². The molecular formula is C18H32BNO4. The molecule has 1 heterocycles. The molecule has 0 aromatic rings. The molecule has 1 saturated heterocycles. The Balaban J connectivity index is 2.19. The Kier molecular flexibility index (Phi) is 4.88. The number of carbonyl (C=O) groups excluding carboxylic acids is 1. The Morgan fingerprint density at radius 3 is 2.12 bits per heavy atom. The summed E-state index contributed by atoms with van der Waals surface area (Å²) in [5.74, 6) is 0. The van der Waals surface area contributed by atoms with Crippen LogP contribution < -0.4 is 5.32 Å². The lowest BCUT2D eigenvalue weighted by molar-refractivity contribution is -0.0740. The highest BCUT2D eigenvalue weighted by atomic mass is 16.7. The minimum Gasteiger partial charge on any atom is -0.442 e. The van der Waals surface area contributed by atoms with Gasteiger partial charge >= 0.3 is 13.2 Å². The largest absolute Gasteiger partial charge is 0.490 e. The molecule has 0 bridgehead atoms. The van der Waals surface area contributed by atoms with E-state index in [1.807, 2.05) is 0 Å². The molecule has 2 rings (SSSR count). The first kappa shape index (κ1) is 19.3. The zero-order valence-corrected chi connectivity index (χ0v) is 16.4. The van der Waals surface area contributed by atoms with Gasteiger partial charge in [0.15, 0.2) is 0 Å². The summed E-state index contributed by atoms with van der Waals surface area (Å²) < 4.78 is 18.1. The summed E-state index contributed by atoms with van der Waals surface area (Å²) >= 11 is 0. The number of carbonyl (C=O) groups is 1. The summed E-state index contributed by atoms with van der Waals surface area (Å²) in [7, 11) is 1.28. The van der Waals surface area contributed by atoms with Crippen molar-refractivity contribution >= 4 is 13.2 Å². The fourth-order valence-electron chi connectivity index (χ4n) is 3.21. The third-order valence-corrected chi connectivity index (χ3v) is 5.93. The number of allylic oxidation sites excluding steroid dienone is 1. The van der Waals surface area contributed by atoms with E-state index in [-0.39, 0.29) is 29.8 Å². The summed E-state index contributed by atoms with van der Waals surface area (Å²) in [6, 6.07) is 0. The predicted molar refractivity (Wildman–Crippen MR) is 95.7 cm³/mol. The molecule has 136 valence electrons. The molecule has 0 saturated carbocycles. The molecule has 1 fully saturated rings. The van der Waals surface area contributed by atoms with Crippen molar-refractivity contribution < 1.29 is 18.8 Å². The number of ether oxygens (including phenoxy) is 1. The second kappa shape index (κ2) is 6.06. The van der Waals surface area contributed by atoms with Gasteiger partial charge in [-0.25, -0.2) is 4.79 Å². The molecule has 1 amide bonds. The van der Waals surface area contributed by atoms with Gasteiger partial charge in [-0.05, 0) is 46.0 Å².